The number of anilines is 1. The molecule has 0 aromatic heterocycles. The summed E-state index contributed by atoms with van der Waals surface area (Å²) in [6.07, 6.45) is 0.763. The number of carbonyl (C=O) groups excluding carboxylic acids is 1. The third-order valence-corrected chi connectivity index (χ3v) is 4.15. The second-order valence-electron chi connectivity index (χ2n) is 4.88. The van der Waals surface area contributed by atoms with Gasteiger partial charge in [0.25, 0.3) is 0 Å². The fourth-order valence-corrected chi connectivity index (χ4v) is 2.87. The van der Waals surface area contributed by atoms with Crippen LogP contribution in [-0.4, -0.2) is 19.6 Å². The zero-order valence-electron chi connectivity index (χ0n) is 11.4. The maximum atomic E-state index is 11.9. The summed E-state index contributed by atoms with van der Waals surface area (Å²) in [5, 5.41) is 3.52. The number of carbonyl (C=O) groups is 1. The van der Waals surface area contributed by atoms with Crippen molar-refractivity contribution in [2.45, 2.75) is 32.2 Å². The van der Waals surface area contributed by atoms with Gasteiger partial charge in [-0.05, 0) is 36.1 Å². The van der Waals surface area contributed by atoms with Crippen LogP contribution in [0.2, 0.25) is 5.02 Å². The quantitative estimate of drug-likeness (QED) is 0.892. The van der Waals surface area contributed by atoms with Gasteiger partial charge in [-0.25, -0.2) is 0 Å². The van der Waals surface area contributed by atoms with E-state index in [0.717, 1.165) is 28.8 Å². The van der Waals surface area contributed by atoms with Gasteiger partial charge in [-0.1, -0.05) is 18.5 Å². The van der Waals surface area contributed by atoms with Crippen molar-refractivity contribution in [2.24, 2.45) is 5.73 Å². The van der Waals surface area contributed by atoms with Crippen molar-refractivity contribution in [3.8, 4) is 0 Å². The molecule has 0 radical (unpaired) electrons. The number of fused-ring (bicyclic) bond motifs is 1. The maximum Gasteiger partial charge on any atom is 0.232 e. The molecule has 1 heterocycles. The van der Waals surface area contributed by atoms with Gasteiger partial charge in [-0.3, -0.25) is 4.79 Å². The third kappa shape index (κ3) is 2.36. The number of hydrogen-bond donors (Lipinski definition) is 2. The summed E-state index contributed by atoms with van der Waals surface area (Å²) in [5.74, 6) is -0.0754. The minimum atomic E-state index is -0.283. The summed E-state index contributed by atoms with van der Waals surface area (Å²) in [6.45, 7) is 4.30. The van der Waals surface area contributed by atoms with E-state index in [2.05, 4.69) is 5.32 Å². The molecule has 4 nitrogen and oxygen atoms in total. The number of benzene rings is 1. The van der Waals surface area contributed by atoms with E-state index in [9.17, 15) is 4.79 Å². The van der Waals surface area contributed by atoms with E-state index in [1.165, 1.54) is 0 Å². The van der Waals surface area contributed by atoms with Crippen molar-refractivity contribution in [1.82, 2.24) is 0 Å². The Kier molecular flexibility index (Phi) is 4.13. The predicted octanol–water partition coefficient (Wildman–Crippen LogP) is 2.74. The van der Waals surface area contributed by atoms with Crippen LogP contribution in [0, 0.1) is 6.92 Å². The standard InChI is InChI=1S/C14H19ClN2O2/c1-4-8-9-5-10(11(16)6-19-3)12(15)7(2)13(9)17-14(8)18/h5,8,11H,4,6,16H2,1-3H3,(H,17,18). The molecule has 0 fully saturated rings. The molecule has 0 bridgehead atoms. The lowest BCUT2D eigenvalue weighted by Gasteiger charge is -2.18. The second-order valence-corrected chi connectivity index (χ2v) is 5.26. The minimum absolute atomic E-state index is 0.0362. The highest BCUT2D eigenvalue weighted by Crippen LogP contribution is 2.42. The van der Waals surface area contributed by atoms with Crippen LogP contribution < -0.4 is 11.1 Å². The van der Waals surface area contributed by atoms with E-state index in [0.29, 0.717) is 11.6 Å². The largest absolute Gasteiger partial charge is 0.383 e. The second kappa shape index (κ2) is 5.49. The highest BCUT2D eigenvalue weighted by Gasteiger charge is 2.32. The molecule has 5 heteroatoms. The number of nitrogens with two attached hydrogens (primary N) is 1. The Morgan fingerprint density at radius 3 is 2.84 bits per heavy atom. The molecule has 3 N–H and O–H groups in total. The van der Waals surface area contributed by atoms with Gasteiger partial charge in [0.15, 0.2) is 0 Å². The van der Waals surface area contributed by atoms with E-state index in [1.54, 1.807) is 7.11 Å². The van der Waals surface area contributed by atoms with E-state index < -0.39 is 0 Å². The van der Waals surface area contributed by atoms with Gasteiger partial charge in [0.05, 0.1) is 23.6 Å². The Morgan fingerprint density at radius 1 is 1.58 bits per heavy atom. The molecule has 1 amide bonds. The van der Waals surface area contributed by atoms with E-state index in [1.807, 2.05) is 19.9 Å². The monoisotopic (exact) mass is 282 g/mol. The Morgan fingerprint density at radius 2 is 2.26 bits per heavy atom. The van der Waals surface area contributed by atoms with Crippen molar-refractivity contribution in [2.75, 3.05) is 19.0 Å². The molecular formula is C14H19ClN2O2. The Bertz CT molecular complexity index is 517. The summed E-state index contributed by atoms with van der Waals surface area (Å²) < 4.78 is 5.08. The summed E-state index contributed by atoms with van der Waals surface area (Å²) in [6, 6.07) is 1.66. The number of amides is 1. The molecule has 1 aromatic carbocycles. The van der Waals surface area contributed by atoms with Crippen LogP contribution in [0.15, 0.2) is 6.07 Å². The number of methoxy groups -OCH3 is 1. The van der Waals surface area contributed by atoms with Gasteiger partial charge in [-0.2, -0.15) is 0 Å². The topological polar surface area (TPSA) is 64.4 Å². The normalized spacial score (nSPS) is 19.2. The van der Waals surface area contributed by atoms with Gasteiger partial charge in [-0.15, -0.1) is 0 Å². The number of halogens is 1. The molecule has 1 aliphatic rings. The summed E-state index contributed by atoms with van der Waals surface area (Å²) >= 11 is 6.36. The molecule has 104 valence electrons. The number of nitrogens with one attached hydrogen (secondary N) is 1. The highest BCUT2D eigenvalue weighted by molar-refractivity contribution is 6.33. The molecule has 2 rings (SSSR count). The van der Waals surface area contributed by atoms with Crippen molar-refractivity contribution in [1.29, 1.82) is 0 Å². The van der Waals surface area contributed by atoms with Crippen LogP contribution >= 0.6 is 11.6 Å². The number of ether oxygens (including phenoxy) is 1. The predicted molar refractivity (Wildman–Crippen MR) is 76.7 cm³/mol. The molecule has 2 unspecified atom stereocenters. The van der Waals surface area contributed by atoms with Gasteiger partial charge in [0.2, 0.25) is 5.91 Å². The van der Waals surface area contributed by atoms with Gasteiger partial charge >= 0.3 is 0 Å². The molecule has 19 heavy (non-hydrogen) atoms. The van der Waals surface area contributed by atoms with Gasteiger partial charge < -0.3 is 15.8 Å². The average molecular weight is 283 g/mol. The zero-order valence-corrected chi connectivity index (χ0v) is 12.2. The Labute approximate surface area is 118 Å². The molecule has 1 aliphatic heterocycles. The van der Waals surface area contributed by atoms with E-state index in [4.69, 9.17) is 22.1 Å². The first-order chi connectivity index (χ1) is 9.01. The van der Waals surface area contributed by atoms with E-state index >= 15 is 0 Å². The Hall–Kier alpha value is -1.10. The van der Waals surface area contributed by atoms with Crippen molar-refractivity contribution in [3.05, 3.63) is 27.8 Å². The van der Waals surface area contributed by atoms with Crippen LogP contribution in [0.25, 0.3) is 0 Å². The summed E-state index contributed by atoms with van der Waals surface area (Å²) in [5.41, 5.74) is 9.64. The molecule has 0 saturated heterocycles. The molecule has 2 atom stereocenters. The van der Waals surface area contributed by atoms with Gasteiger partial charge in [0, 0.05) is 12.8 Å². The first-order valence-corrected chi connectivity index (χ1v) is 6.77. The average Bonchev–Trinajstić information content (AvgIpc) is 2.70. The summed E-state index contributed by atoms with van der Waals surface area (Å²) in [4.78, 5) is 11.9. The first-order valence-electron chi connectivity index (χ1n) is 6.39. The minimum Gasteiger partial charge on any atom is -0.383 e. The fourth-order valence-electron chi connectivity index (χ4n) is 2.58. The third-order valence-electron chi connectivity index (χ3n) is 3.65. The molecule has 1 aromatic rings. The highest BCUT2D eigenvalue weighted by atomic mass is 35.5. The Balaban J connectivity index is 2.53. The molecule has 0 spiro atoms. The van der Waals surface area contributed by atoms with Crippen molar-refractivity contribution in [3.63, 3.8) is 0 Å². The van der Waals surface area contributed by atoms with Crippen LogP contribution in [0.1, 0.15) is 42.0 Å². The lowest BCUT2D eigenvalue weighted by atomic mass is 9.92. The van der Waals surface area contributed by atoms with Crippen molar-refractivity contribution < 1.29 is 9.53 Å². The van der Waals surface area contributed by atoms with Crippen LogP contribution in [-0.2, 0) is 9.53 Å². The number of hydrogen-bond acceptors (Lipinski definition) is 3. The smallest absolute Gasteiger partial charge is 0.232 e. The van der Waals surface area contributed by atoms with Crippen molar-refractivity contribution >= 4 is 23.2 Å². The SMILES string of the molecule is CCC1C(=O)Nc2c1cc(C(N)COC)c(Cl)c2C. The lowest BCUT2D eigenvalue weighted by Crippen LogP contribution is -2.17. The molecular weight excluding hydrogens is 264 g/mol. The molecule has 0 saturated carbocycles. The zero-order chi connectivity index (χ0) is 14.2. The first kappa shape index (κ1) is 14.3. The summed E-state index contributed by atoms with van der Waals surface area (Å²) in [7, 11) is 1.61. The van der Waals surface area contributed by atoms with Crippen LogP contribution in [0.3, 0.4) is 0 Å². The molecule has 0 aliphatic carbocycles. The van der Waals surface area contributed by atoms with Crippen LogP contribution in [0.4, 0.5) is 5.69 Å². The maximum absolute atomic E-state index is 11.9. The number of rotatable bonds is 4. The van der Waals surface area contributed by atoms with Gasteiger partial charge in [0.1, 0.15) is 0 Å². The van der Waals surface area contributed by atoms with Crippen LogP contribution in [0.5, 0.6) is 0 Å². The lowest BCUT2D eigenvalue weighted by molar-refractivity contribution is -0.117. The van der Waals surface area contributed by atoms with E-state index in [-0.39, 0.29) is 17.9 Å². The fraction of sp³-hybridized carbons (Fsp3) is 0.500.